The first-order valence-electron chi connectivity index (χ1n) is 6.35. The third kappa shape index (κ3) is 4.01. The number of halogens is 1. The number of aromatic nitrogens is 3. The maximum absolute atomic E-state index is 5.67. The monoisotopic (exact) mass is 289 g/mol. The maximum atomic E-state index is 5.67. The van der Waals surface area contributed by atoms with Gasteiger partial charge in [-0.2, -0.15) is 5.10 Å². The summed E-state index contributed by atoms with van der Waals surface area (Å²) in [7, 11) is 0. The van der Waals surface area contributed by atoms with Crippen LogP contribution in [-0.4, -0.2) is 20.6 Å². The average molecular weight is 290 g/mol. The molecule has 0 aliphatic heterocycles. The first kappa shape index (κ1) is 14.4. The Hall–Kier alpha value is -1.99. The van der Waals surface area contributed by atoms with Gasteiger partial charge in [0.2, 0.25) is 0 Å². The second-order valence-electron chi connectivity index (χ2n) is 4.51. The Labute approximate surface area is 123 Å². The Kier molecular flexibility index (Phi) is 5.03. The van der Waals surface area contributed by atoms with E-state index in [4.69, 9.17) is 16.3 Å². The van der Waals surface area contributed by atoms with Crippen LogP contribution in [0.3, 0.4) is 0 Å². The van der Waals surface area contributed by atoms with Gasteiger partial charge in [0.05, 0.1) is 17.8 Å². The van der Waals surface area contributed by atoms with Crippen molar-refractivity contribution >= 4 is 11.6 Å². The second kappa shape index (κ2) is 6.97. The number of hydrogen-bond donors (Lipinski definition) is 0. The molecule has 0 aromatic carbocycles. The predicted octanol–water partition coefficient (Wildman–Crippen LogP) is 3.03. The molecule has 2 aromatic rings. The molecular weight excluding hydrogens is 274 g/mol. The molecule has 0 saturated carbocycles. The quantitative estimate of drug-likeness (QED) is 0.641. The van der Waals surface area contributed by atoms with Crippen LogP contribution in [0.25, 0.3) is 0 Å². The van der Waals surface area contributed by atoms with Gasteiger partial charge in [-0.3, -0.25) is 9.67 Å². The van der Waals surface area contributed by atoms with Gasteiger partial charge in [0, 0.05) is 24.0 Å². The van der Waals surface area contributed by atoms with Crippen LogP contribution < -0.4 is 4.74 Å². The second-order valence-corrected chi connectivity index (χ2v) is 4.78. The van der Waals surface area contributed by atoms with Crippen LogP contribution in [0.2, 0.25) is 0 Å². The van der Waals surface area contributed by atoms with E-state index in [0.29, 0.717) is 24.3 Å². The van der Waals surface area contributed by atoms with Gasteiger partial charge in [0.1, 0.15) is 12.4 Å². The molecule has 0 saturated heterocycles. The van der Waals surface area contributed by atoms with Gasteiger partial charge in [-0.15, -0.1) is 11.6 Å². The molecule has 0 amide bonds. The number of alkyl halides is 1. The van der Waals surface area contributed by atoms with Gasteiger partial charge < -0.3 is 4.74 Å². The first-order chi connectivity index (χ1) is 9.69. The van der Waals surface area contributed by atoms with E-state index in [0.717, 1.165) is 11.3 Å². The van der Waals surface area contributed by atoms with Crippen LogP contribution in [0.4, 0.5) is 0 Å². The standard InChI is InChI=1S/C15H16ClN3O/c1-12(2)19-7-5-14(18-19)11-20-15-8-13(4-3-6-16)9-17-10-15/h5,7-10,12H,6,11H2,1-2H3. The van der Waals surface area contributed by atoms with E-state index in [2.05, 4.69) is 35.8 Å². The van der Waals surface area contributed by atoms with Crippen LogP contribution in [0.1, 0.15) is 31.1 Å². The molecule has 2 rings (SSSR count). The third-order valence-electron chi connectivity index (χ3n) is 2.59. The van der Waals surface area contributed by atoms with Crippen molar-refractivity contribution in [2.45, 2.75) is 26.5 Å². The van der Waals surface area contributed by atoms with Gasteiger partial charge in [-0.1, -0.05) is 11.8 Å². The number of pyridine rings is 1. The highest BCUT2D eigenvalue weighted by Gasteiger charge is 2.03. The lowest BCUT2D eigenvalue weighted by Gasteiger charge is -2.05. The van der Waals surface area contributed by atoms with Gasteiger partial charge in [0.25, 0.3) is 0 Å². The van der Waals surface area contributed by atoms with Gasteiger partial charge >= 0.3 is 0 Å². The molecule has 2 heterocycles. The first-order valence-corrected chi connectivity index (χ1v) is 6.89. The van der Waals surface area contributed by atoms with Crippen molar-refractivity contribution in [3.05, 3.63) is 42.0 Å². The lowest BCUT2D eigenvalue weighted by atomic mass is 10.3. The zero-order valence-electron chi connectivity index (χ0n) is 11.5. The minimum absolute atomic E-state index is 0.303. The average Bonchev–Trinajstić information content (AvgIpc) is 2.92. The Balaban J connectivity index is 1.99. The molecule has 2 aromatic heterocycles. The molecule has 0 aliphatic rings. The summed E-state index contributed by atoms with van der Waals surface area (Å²) in [5, 5.41) is 4.42. The zero-order valence-corrected chi connectivity index (χ0v) is 12.3. The minimum Gasteiger partial charge on any atom is -0.486 e. The fourth-order valence-electron chi connectivity index (χ4n) is 1.60. The zero-order chi connectivity index (χ0) is 14.4. The van der Waals surface area contributed by atoms with E-state index in [1.54, 1.807) is 12.4 Å². The summed E-state index contributed by atoms with van der Waals surface area (Å²) in [5.74, 6) is 6.67. The highest BCUT2D eigenvalue weighted by Crippen LogP contribution is 2.13. The van der Waals surface area contributed by atoms with Crippen LogP contribution >= 0.6 is 11.6 Å². The lowest BCUT2D eigenvalue weighted by Crippen LogP contribution is -2.03. The fraction of sp³-hybridized carbons (Fsp3) is 0.333. The highest BCUT2D eigenvalue weighted by molar-refractivity contribution is 6.19. The molecule has 0 aliphatic carbocycles. The summed E-state index contributed by atoms with van der Waals surface area (Å²) >= 11 is 5.52. The smallest absolute Gasteiger partial charge is 0.139 e. The summed E-state index contributed by atoms with van der Waals surface area (Å²) in [6, 6.07) is 4.14. The molecule has 0 atom stereocenters. The summed E-state index contributed by atoms with van der Waals surface area (Å²) < 4.78 is 7.57. The van der Waals surface area contributed by atoms with E-state index in [9.17, 15) is 0 Å². The Bertz CT molecular complexity index is 625. The van der Waals surface area contributed by atoms with E-state index in [-0.39, 0.29) is 0 Å². The molecule has 4 nitrogen and oxygen atoms in total. The van der Waals surface area contributed by atoms with Crippen molar-refractivity contribution < 1.29 is 4.74 Å². The Morgan fingerprint density at radius 3 is 2.95 bits per heavy atom. The summed E-state index contributed by atoms with van der Waals surface area (Å²) in [5.41, 5.74) is 1.67. The molecular formula is C15H16ClN3O. The van der Waals surface area contributed by atoms with Crippen LogP contribution in [-0.2, 0) is 6.61 Å². The van der Waals surface area contributed by atoms with Crippen LogP contribution in [0.15, 0.2) is 30.7 Å². The van der Waals surface area contributed by atoms with Gasteiger partial charge in [-0.25, -0.2) is 0 Å². The van der Waals surface area contributed by atoms with Crippen molar-refractivity contribution in [3.63, 3.8) is 0 Å². The number of rotatable bonds is 4. The van der Waals surface area contributed by atoms with Gasteiger partial charge in [-0.05, 0) is 26.0 Å². The summed E-state index contributed by atoms with van der Waals surface area (Å²) in [6.45, 7) is 4.58. The molecule has 0 N–H and O–H groups in total. The van der Waals surface area contributed by atoms with Crippen molar-refractivity contribution in [3.8, 4) is 17.6 Å². The van der Waals surface area contributed by atoms with E-state index in [1.807, 2.05) is 23.0 Å². The fourth-order valence-corrected chi connectivity index (χ4v) is 1.67. The molecule has 0 unspecified atom stereocenters. The Morgan fingerprint density at radius 2 is 2.25 bits per heavy atom. The van der Waals surface area contributed by atoms with Crippen molar-refractivity contribution in [2.75, 3.05) is 5.88 Å². The molecule has 0 spiro atoms. The lowest BCUT2D eigenvalue weighted by molar-refractivity contribution is 0.297. The normalized spacial score (nSPS) is 10.2. The molecule has 5 heteroatoms. The summed E-state index contributed by atoms with van der Waals surface area (Å²) in [6.07, 6.45) is 5.29. The van der Waals surface area contributed by atoms with E-state index >= 15 is 0 Å². The van der Waals surface area contributed by atoms with Gasteiger partial charge in [0.15, 0.2) is 0 Å². The summed E-state index contributed by atoms with van der Waals surface area (Å²) in [4.78, 5) is 4.09. The number of hydrogen-bond acceptors (Lipinski definition) is 3. The molecule has 0 bridgehead atoms. The number of ether oxygens (including phenoxy) is 1. The SMILES string of the molecule is CC(C)n1ccc(COc2cncc(C#CCCl)c2)n1. The van der Waals surface area contributed by atoms with Crippen LogP contribution in [0, 0.1) is 11.8 Å². The topological polar surface area (TPSA) is 39.9 Å². The largest absolute Gasteiger partial charge is 0.486 e. The van der Waals surface area contributed by atoms with E-state index < -0.39 is 0 Å². The highest BCUT2D eigenvalue weighted by atomic mass is 35.5. The van der Waals surface area contributed by atoms with Crippen molar-refractivity contribution in [2.24, 2.45) is 0 Å². The number of nitrogens with zero attached hydrogens (tertiary/aromatic N) is 3. The van der Waals surface area contributed by atoms with Crippen LogP contribution in [0.5, 0.6) is 5.75 Å². The van der Waals surface area contributed by atoms with E-state index in [1.165, 1.54) is 0 Å². The third-order valence-corrected chi connectivity index (χ3v) is 2.73. The Morgan fingerprint density at radius 1 is 1.40 bits per heavy atom. The molecule has 0 radical (unpaired) electrons. The van der Waals surface area contributed by atoms with Crippen molar-refractivity contribution in [1.82, 2.24) is 14.8 Å². The van der Waals surface area contributed by atoms with Crippen molar-refractivity contribution in [1.29, 1.82) is 0 Å². The molecule has 0 fully saturated rings. The predicted molar refractivity (Wildman–Crippen MR) is 78.8 cm³/mol. The maximum Gasteiger partial charge on any atom is 0.139 e. The molecule has 20 heavy (non-hydrogen) atoms. The minimum atomic E-state index is 0.303. The molecule has 104 valence electrons.